The Labute approximate surface area is 175 Å². The van der Waals surface area contributed by atoms with Gasteiger partial charge in [0.1, 0.15) is 5.69 Å². The molecular weight excluding hydrogens is 394 g/mol. The van der Waals surface area contributed by atoms with Gasteiger partial charge in [-0.3, -0.25) is 19.7 Å². The van der Waals surface area contributed by atoms with Gasteiger partial charge in [-0.15, -0.1) is 11.3 Å². The van der Waals surface area contributed by atoms with Crippen molar-refractivity contribution in [1.29, 1.82) is 0 Å². The van der Waals surface area contributed by atoms with E-state index in [9.17, 15) is 0 Å². The Morgan fingerprint density at radius 3 is 2.67 bits per heavy atom. The first kappa shape index (κ1) is 17.1. The number of aromatic amines is 2. The molecule has 146 valence electrons. The second kappa shape index (κ2) is 6.36. The van der Waals surface area contributed by atoms with E-state index in [1.165, 1.54) is 9.75 Å². The van der Waals surface area contributed by atoms with Gasteiger partial charge in [-0.25, -0.2) is 0 Å². The van der Waals surface area contributed by atoms with Crippen molar-refractivity contribution in [1.82, 2.24) is 34.9 Å². The smallest absolute Gasteiger partial charge is 0.116 e. The van der Waals surface area contributed by atoms with E-state index in [2.05, 4.69) is 61.4 Å². The molecule has 0 fully saturated rings. The quantitative estimate of drug-likeness (QED) is 0.432. The molecule has 6 heterocycles. The van der Waals surface area contributed by atoms with Crippen molar-refractivity contribution < 1.29 is 0 Å². The molecule has 8 heteroatoms. The normalized spacial score (nSPS) is 11.7. The lowest BCUT2D eigenvalue weighted by Gasteiger charge is -1.98. The monoisotopic (exact) mass is 411 g/mol. The molecule has 0 bridgehead atoms. The van der Waals surface area contributed by atoms with E-state index in [4.69, 9.17) is 0 Å². The lowest BCUT2D eigenvalue weighted by atomic mass is 10.1. The molecule has 0 aliphatic heterocycles. The largest absolute Gasteiger partial charge is 0.353 e. The summed E-state index contributed by atoms with van der Waals surface area (Å²) in [6, 6.07) is 10.4. The van der Waals surface area contributed by atoms with Crippen molar-refractivity contribution in [3.8, 4) is 33.2 Å². The molecule has 0 aliphatic rings. The van der Waals surface area contributed by atoms with Crippen LogP contribution >= 0.6 is 11.3 Å². The topological polar surface area (TPSA) is 88.1 Å². The van der Waals surface area contributed by atoms with E-state index in [1.807, 2.05) is 37.9 Å². The van der Waals surface area contributed by atoms with Crippen LogP contribution in [0.15, 0.2) is 55.1 Å². The van der Waals surface area contributed by atoms with E-state index in [0.717, 1.165) is 50.1 Å². The second-order valence-electron chi connectivity index (χ2n) is 7.30. The molecule has 0 saturated carbocycles. The number of nitrogens with zero attached hydrogens (tertiary/aromatic N) is 5. The van der Waals surface area contributed by atoms with Gasteiger partial charge in [0.05, 0.1) is 39.9 Å². The summed E-state index contributed by atoms with van der Waals surface area (Å²) < 4.78 is 1.77. The average molecular weight is 411 g/mol. The average Bonchev–Trinajstić information content (AvgIpc) is 3.52. The van der Waals surface area contributed by atoms with Crippen LogP contribution in [0.25, 0.3) is 55.0 Å². The molecule has 0 unspecified atom stereocenters. The van der Waals surface area contributed by atoms with Crippen molar-refractivity contribution in [3.63, 3.8) is 0 Å². The number of pyridine rings is 2. The summed E-state index contributed by atoms with van der Waals surface area (Å²) in [5, 5.41) is 14.0. The fourth-order valence-corrected chi connectivity index (χ4v) is 4.65. The maximum atomic E-state index is 4.65. The zero-order valence-corrected chi connectivity index (χ0v) is 17.2. The lowest BCUT2D eigenvalue weighted by Crippen LogP contribution is -1.85. The van der Waals surface area contributed by atoms with E-state index in [0.29, 0.717) is 0 Å². The molecule has 0 aliphatic carbocycles. The minimum atomic E-state index is 0.863. The standard InChI is InChI=1S/C22H17N7S/c1-12-3-4-20(30-12)22-14-8-18(26-16(14)5-6-23-22)21-15-7-17(13-9-25-29(2)11-13)24-10-19(15)27-28-21/h3-11,26H,1-2H3,(H,27,28). The number of H-pyrrole nitrogens is 2. The molecule has 0 atom stereocenters. The first-order valence-electron chi connectivity index (χ1n) is 9.54. The number of fused-ring (bicyclic) bond motifs is 2. The number of nitrogens with one attached hydrogen (secondary N) is 2. The van der Waals surface area contributed by atoms with Crippen molar-refractivity contribution in [2.45, 2.75) is 6.92 Å². The molecule has 6 aromatic rings. The maximum absolute atomic E-state index is 4.65. The predicted octanol–water partition coefficient (Wildman–Crippen LogP) is 4.94. The van der Waals surface area contributed by atoms with Crippen molar-refractivity contribution in [2.24, 2.45) is 7.05 Å². The fraction of sp³-hybridized carbons (Fsp3) is 0.0909. The molecular formula is C22H17N7S. The number of aromatic nitrogens is 7. The first-order valence-corrected chi connectivity index (χ1v) is 10.4. The third-order valence-corrected chi connectivity index (χ3v) is 6.23. The van der Waals surface area contributed by atoms with Crippen LogP contribution in [0.1, 0.15) is 4.88 Å². The summed E-state index contributed by atoms with van der Waals surface area (Å²) in [4.78, 5) is 15.2. The number of hydrogen-bond donors (Lipinski definition) is 2. The van der Waals surface area contributed by atoms with Gasteiger partial charge in [-0.2, -0.15) is 10.2 Å². The lowest BCUT2D eigenvalue weighted by molar-refractivity contribution is 0.768. The third-order valence-electron chi connectivity index (χ3n) is 5.22. The fourth-order valence-electron chi connectivity index (χ4n) is 3.77. The molecule has 6 rings (SSSR count). The maximum Gasteiger partial charge on any atom is 0.116 e. The Morgan fingerprint density at radius 2 is 1.87 bits per heavy atom. The molecule has 0 aromatic carbocycles. The zero-order chi connectivity index (χ0) is 20.2. The summed E-state index contributed by atoms with van der Waals surface area (Å²) >= 11 is 1.75. The molecule has 2 N–H and O–H groups in total. The van der Waals surface area contributed by atoms with E-state index in [1.54, 1.807) is 16.0 Å². The van der Waals surface area contributed by atoms with Crippen LogP contribution < -0.4 is 0 Å². The zero-order valence-electron chi connectivity index (χ0n) is 16.3. The first-order chi connectivity index (χ1) is 14.7. The van der Waals surface area contributed by atoms with E-state index < -0.39 is 0 Å². The molecule has 30 heavy (non-hydrogen) atoms. The van der Waals surface area contributed by atoms with Crippen LogP contribution in [-0.2, 0) is 7.05 Å². The van der Waals surface area contributed by atoms with Crippen LogP contribution in [0, 0.1) is 6.92 Å². The highest BCUT2D eigenvalue weighted by molar-refractivity contribution is 7.15. The third kappa shape index (κ3) is 2.65. The number of aryl methyl sites for hydroxylation is 2. The second-order valence-corrected chi connectivity index (χ2v) is 8.59. The predicted molar refractivity (Wildman–Crippen MR) is 119 cm³/mol. The Morgan fingerprint density at radius 1 is 0.967 bits per heavy atom. The Kier molecular flexibility index (Phi) is 3.63. The van der Waals surface area contributed by atoms with Gasteiger partial charge in [0, 0.05) is 46.2 Å². The van der Waals surface area contributed by atoms with E-state index in [-0.39, 0.29) is 0 Å². The highest BCUT2D eigenvalue weighted by Crippen LogP contribution is 2.35. The van der Waals surface area contributed by atoms with Gasteiger partial charge in [0.25, 0.3) is 0 Å². The Hall–Kier alpha value is -3.78. The van der Waals surface area contributed by atoms with Gasteiger partial charge >= 0.3 is 0 Å². The Balaban J connectivity index is 1.52. The minimum absolute atomic E-state index is 0.863. The van der Waals surface area contributed by atoms with Crippen LogP contribution in [0.5, 0.6) is 0 Å². The minimum Gasteiger partial charge on any atom is -0.353 e. The summed E-state index contributed by atoms with van der Waals surface area (Å²) in [7, 11) is 1.90. The molecule has 0 radical (unpaired) electrons. The van der Waals surface area contributed by atoms with Crippen molar-refractivity contribution in [2.75, 3.05) is 0 Å². The van der Waals surface area contributed by atoms with E-state index >= 15 is 0 Å². The summed E-state index contributed by atoms with van der Waals surface area (Å²) in [6.07, 6.45) is 7.44. The molecule has 0 saturated heterocycles. The van der Waals surface area contributed by atoms with Crippen LogP contribution in [0.4, 0.5) is 0 Å². The van der Waals surface area contributed by atoms with Crippen molar-refractivity contribution in [3.05, 3.63) is 60.0 Å². The molecule has 0 spiro atoms. The van der Waals surface area contributed by atoms with Crippen LogP contribution in [0.3, 0.4) is 0 Å². The molecule has 7 nitrogen and oxygen atoms in total. The molecule has 0 amide bonds. The summed E-state index contributed by atoms with van der Waals surface area (Å²) in [5.74, 6) is 0. The number of rotatable bonds is 3. The van der Waals surface area contributed by atoms with Gasteiger partial charge in [0.2, 0.25) is 0 Å². The summed E-state index contributed by atoms with van der Waals surface area (Å²) in [6.45, 7) is 2.11. The highest BCUT2D eigenvalue weighted by atomic mass is 32.1. The van der Waals surface area contributed by atoms with Gasteiger partial charge in [-0.05, 0) is 37.3 Å². The summed E-state index contributed by atoms with van der Waals surface area (Å²) in [5.41, 5.74) is 6.57. The molecule has 6 aromatic heterocycles. The van der Waals surface area contributed by atoms with Crippen LogP contribution in [0.2, 0.25) is 0 Å². The SMILES string of the molecule is Cc1ccc(-c2nccc3[nH]c(-c4n[nH]c5cnc(-c6cnn(C)c6)cc45)cc23)s1. The van der Waals surface area contributed by atoms with Crippen LogP contribution in [-0.4, -0.2) is 34.9 Å². The number of hydrogen-bond acceptors (Lipinski definition) is 5. The highest BCUT2D eigenvalue weighted by Gasteiger charge is 2.16. The van der Waals surface area contributed by atoms with Gasteiger partial charge < -0.3 is 4.98 Å². The van der Waals surface area contributed by atoms with Gasteiger partial charge in [0.15, 0.2) is 0 Å². The number of thiophene rings is 1. The Bertz CT molecular complexity index is 1530. The van der Waals surface area contributed by atoms with Gasteiger partial charge in [-0.1, -0.05) is 0 Å². The van der Waals surface area contributed by atoms with Crippen molar-refractivity contribution >= 4 is 33.1 Å².